The molecule has 0 bridgehead atoms. The molecule has 0 aromatic heterocycles. The van der Waals surface area contributed by atoms with Crippen LogP contribution in [0.4, 0.5) is 0 Å². The summed E-state index contributed by atoms with van der Waals surface area (Å²) < 4.78 is 10.5. The first-order valence-electron chi connectivity index (χ1n) is 7.31. The number of nitrogens with zero attached hydrogens (tertiary/aromatic N) is 1. The van der Waals surface area contributed by atoms with Crippen LogP contribution in [0.2, 0.25) is 0 Å². The van der Waals surface area contributed by atoms with Crippen LogP contribution in [0.3, 0.4) is 0 Å². The number of methoxy groups -OCH3 is 1. The highest BCUT2D eigenvalue weighted by molar-refractivity contribution is 4.95. The molecule has 1 saturated carbocycles. The van der Waals surface area contributed by atoms with Gasteiger partial charge in [-0.05, 0) is 25.8 Å². The molecule has 0 atom stereocenters. The Morgan fingerprint density at radius 3 is 2.44 bits per heavy atom. The van der Waals surface area contributed by atoms with Gasteiger partial charge in [0.05, 0.1) is 13.2 Å². The molecule has 4 nitrogen and oxygen atoms in total. The zero-order valence-electron chi connectivity index (χ0n) is 12.1. The van der Waals surface area contributed by atoms with Gasteiger partial charge >= 0.3 is 0 Å². The molecule has 0 aromatic rings. The van der Waals surface area contributed by atoms with E-state index in [1.54, 1.807) is 7.11 Å². The molecule has 1 aliphatic rings. The van der Waals surface area contributed by atoms with Crippen molar-refractivity contribution >= 4 is 0 Å². The lowest BCUT2D eigenvalue weighted by molar-refractivity contribution is 0.0524. The van der Waals surface area contributed by atoms with E-state index >= 15 is 0 Å². The van der Waals surface area contributed by atoms with Crippen molar-refractivity contribution in [2.45, 2.75) is 44.6 Å². The van der Waals surface area contributed by atoms with Crippen LogP contribution in [0.5, 0.6) is 0 Å². The van der Waals surface area contributed by atoms with Crippen LogP contribution in [-0.4, -0.2) is 57.0 Å². The second kappa shape index (κ2) is 8.86. The second-order valence-electron chi connectivity index (χ2n) is 5.17. The fourth-order valence-corrected chi connectivity index (χ4v) is 3.02. The topological polar surface area (TPSA) is 47.7 Å². The molecule has 18 heavy (non-hydrogen) atoms. The maximum absolute atomic E-state index is 6.03. The average molecular weight is 258 g/mol. The highest BCUT2D eigenvalue weighted by Gasteiger charge is 2.36. The summed E-state index contributed by atoms with van der Waals surface area (Å²) in [7, 11) is 1.70. The Bertz CT molecular complexity index is 206. The molecule has 1 fully saturated rings. The van der Waals surface area contributed by atoms with E-state index in [1.807, 2.05) is 0 Å². The Morgan fingerprint density at radius 2 is 1.89 bits per heavy atom. The van der Waals surface area contributed by atoms with E-state index in [1.165, 1.54) is 25.7 Å². The highest BCUT2D eigenvalue weighted by Crippen LogP contribution is 2.34. The van der Waals surface area contributed by atoms with E-state index in [0.29, 0.717) is 13.2 Å². The maximum atomic E-state index is 6.03. The Hall–Kier alpha value is -0.160. The molecule has 0 amide bonds. The first kappa shape index (κ1) is 15.9. The molecule has 0 aromatic carbocycles. The molecule has 0 saturated heterocycles. The summed E-state index contributed by atoms with van der Waals surface area (Å²) in [5, 5.41) is 0. The SMILES string of the molecule is CCN(CCCOCCOC)C1(CN)CCCC1. The van der Waals surface area contributed by atoms with Gasteiger partial charge in [0.2, 0.25) is 0 Å². The van der Waals surface area contributed by atoms with Gasteiger partial charge in [0.25, 0.3) is 0 Å². The van der Waals surface area contributed by atoms with E-state index in [-0.39, 0.29) is 5.54 Å². The molecule has 0 radical (unpaired) electrons. The van der Waals surface area contributed by atoms with Gasteiger partial charge in [0, 0.05) is 32.3 Å². The molecule has 0 spiro atoms. The van der Waals surface area contributed by atoms with Crippen molar-refractivity contribution in [3.05, 3.63) is 0 Å². The lowest BCUT2D eigenvalue weighted by Gasteiger charge is -2.40. The van der Waals surface area contributed by atoms with Gasteiger partial charge in [0.15, 0.2) is 0 Å². The Balaban J connectivity index is 2.24. The Morgan fingerprint density at radius 1 is 1.17 bits per heavy atom. The third kappa shape index (κ3) is 4.50. The molecule has 108 valence electrons. The number of hydrogen-bond donors (Lipinski definition) is 1. The van der Waals surface area contributed by atoms with Gasteiger partial charge in [-0.1, -0.05) is 19.8 Å². The molecular formula is C14H30N2O2. The lowest BCUT2D eigenvalue weighted by atomic mass is 9.95. The third-order valence-corrected chi connectivity index (χ3v) is 4.12. The van der Waals surface area contributed by atoms with Gasteiger partial charge in [-0.3, -0.25) is 4.90 Å². The molecule has 0 unspecified atom stereocenters. The first-order chi connectivity index (χ1) is 8.79. The minimum Gasteiger partial charge on any atom is -0.382 e. The van der Waals surface area contributed by atoms with Crippen LogP contribution in [0.15, 0.2) is 0 Å². The van der Waals surface area contributed by atoms with Gasteiger partial charge in [-0.25, -0.2) is 0 Å². The maximum Gasteiger partial charge on any atom is 0.0700 e. The first-order valence-corrected chi connectivity index (χ1v) is 7.31. The van der Waals surface area contributed by atoms with Crippen molar-refractivity contribution in [2.24, 2.45) is 5.73 Å². The summed E-state index contributed by atoms with van der Waals surface area (Å²) in [4.78, 5) is 2.57. The van der Waals surface area contributed by atoms with Crippen LogP contribution in [-0.2, 0) is 9.47 Å². The average Bonchev–Trinajstić information content (AvgIpc) is 2.88. The smallest absolute Gasteiger partial charge is 0.0700 e. The summed E-state index contributed by atoms with van der Waals surface area (Å²) in [5.74, 6) is 0. The summed E-state index contributed by atoms with van der Waals surface area (Å²) in [6, 6.07) is 0. The van der Waals surface area contributed by atoms with Gasteiger partial charge in [-0.15, -0.1) is 0 Å². The van der Waals surface area contributed by atoms with Crippen LogP contribution in [0.25, 0.3) is 0 Å². The van der Waals surface area contributed by atoms with Crippen molar-refractivity contribution in [3.8, 4) is 0 Å². The minimum atomic E-state index is 0.279. The second-order valence-corrected chi connectivity index (χ2v) is 5.17. The standard InChI is InChI=1S/C14H30N2O2/c1-3-16(9-6-10-18-12-11-17-2)14(13-15)7-4-5-8-14/h3-13,15H2,1-2H3. The molecule has 0 aliphatic heterocycles. The molecule has 4 heteroatoms. The van der Waals surface area contributed by atoms with Crippen LogP contribution < -0.4 is 5.73 Å². The largest absolute Gasteiger partial charge is 0.382 e. The normalized spacial score (nSPS) is 18.7. The van der Waals surface area contributed by atoms with Crippen molar-refractivity contribution < 1.29 is 9.47 Å². The predicted octanol–water partition coefficient (Wildman–Crippen LogP) is 1.63. The number of likely N-dealkylation sites (N-methyl/N-ethyl adjacent to an activating group) is 1. The van der Waals surface area contributed by atoms with Gasteiger partial charge in [-0.2, -0.15) is 0 Å². The molecule has 1 rings (SSSR count). The number of ether oxygens (including phenoxy) is 2. The van der Waals surface area contributed by atoms with Crippen molar-refractivity contribution in [2.75, 3.05) is 46.6 Å². The summed E-state index contributed by atoms with van der Waals surface area (Å²) in [6.07, 6.45) is 6.28. The Kier molecular flexibility index (Phi) is 7.82. The fraction of sp³-hybridized carbons (Fsp3) is 1.00. The van der Waals surface area contributed by atoms with E-state index < -0.39 is 0 Å². The minimum absolute atomic E-state index is 0.279. The van der Waals surface area contributed by atoms with Crippen LogP contribution in [0.1, 0.15) is 39.0 Å². The number of nitrogens with two attached hydrogens (primary N) is 1. The zero-order chi connectivity index (χ0) is 13.3. The lowest BCUT2D eigenvalue weighted by Crippen LogP contribution is -2.52. The van der Waals surface area contributed by atoms with E-state index in [9.17, 15) is 0 Å². The van der Waals surface area contributed by atoms with Gasteiger partial charge < -0.3 is 15.2 Å². The van der Waals surface area contributed by atoms with Crippen LogP contribution in [0, 0.1) is 0 Å². The summed E-state index contributed by atoms with van der Waals surface area (Å²) in [5.41, 5.74) is 6.30. The fourth-order valence-electron chi connectivity index (χ4n) is 3.02. The summed E-state index contributed by atoms with van der Waals surface area (Å²) in [6.45, 7) is 7.43. The van der Waals surface area contributed by atoms with E-state index in [0.717, 1.165) is 32.7 Å². The molecule has 0 heterocycles. The van der Waals surface area contributed by atoms with Crippen molar-refractivity contribution in [1.82, 2.24) is 4.90 Å². The van der Waals surface area contributed by atoms with Crippen molar-refractivity contribution in [3.63, 3.8) is 0 Å². The molecule has 2 N–H and O–H groups in total. The summed E-state index contributed by atoms with van der Waals surface area (Å²) >= 11 is 0. The van der Waals surface area contributed by atoms with Crippen LogP contribution >= 0.6 is 0 Å². The van der Waals surface area contributed by atoms with Gasteiger partial charge in [0.1, 0.15) is 0 Å². The van der Waals surface area contributed by atoms with E-state index in [4.69, 9.17) is 15.2 Å². The quantitative estimate of drug-likeness (QED) is 0.605. The zero-order valence-corrected chi connectivity index (χ0v) is 12.1. The van der Waals surface area contributed by atoms with E-state index in [2.05, 4.69) is 11.8 Å². The highest BCUT2D eigenvalue weighted by atomic mass is 16.5. The number of hydrogen-bond acceptors (Lipinski definition) is 4. The monoisotopic (exact) mass is 258 g/mol. The van der Waals surface area contributed by atoms with Crippen molar-refractivity contribution in [1.29, 1.82) is 0 Å². The third-order valence-electron chi connectivity index (χ3n) is 4.12. The Labute approximate surface area is 112 Å². The number of rotatable bonds is 10. The molecular weight excluding hydrogens is 228 g/mol. The molecule has 1 aliphatic carbocycles. The predicted molar refractivity (Wildman–Crippen MR) is 74.8 cm³/mol.